The van der Waals surface area contributed by atoms with Crippen molar-refractivity contribution in [2.45, 2.75) is 50.7 Å². The molecular weight excluding hydrogens is 388 g/mol. The van der Waals surface area contributed by atoms with Gasteiger partial charge in [-0.3, -0.25) is 4.79 Å². The average Bonchev–Trinajstić information content (AvgIpc) is 2.60. The molecule has 0 bridgehead atoms. The molecule has 1 N–H and O–H groups in total. The van der Waals surface area contributed by atoms with Crippen LogP contribution in [-0.2, 0) is 14.8 Å². The molecule has 0 aliphatic carbocycles. The van der Waals surface area contributed by atoms with Gasteiger partial charge in [-0.2, -0.15) is 4.31 Å². The summed E-state index contributed by atoms with van der Waals surface area (Å²) in [6, 6.07) is 12.2. The first-order chi connectivity index (χ1) is 13.5. The van der Waals surface area contributed by atoms with Gasteiger partial charge in [-0.15, -0.1) is 0 Å². The lowest BCUT2D eigenvalue weighted by Crippen LogP contribution is -2.44. The van der Waals surface area contributed by atoms with Gasteiger partial charge >= 0.3 is 0 Å². The molecule has 0 saturated heterocycles. The normalized spacial score (nSPS) is 18.1. The van der Waals surface area contributed by atoms with E-state index in [1.165, 1.54) is 7.05 Å². The Balaban J connectivity index is 1.74. The predicted molar refractivity (Wildman–Crippen MR) is 112 cm³/mol. The fourth-order valence-electron chi connectivity index (χ4n) is 3.50. The number of amides is 1. The van der Waals surface area contributed by atoms with Crippen LogP contribution in [0.5, 0.6) is 5.75 Å². The van der Waals surface area contributed by atoms with Gasteiger partial charge in [-0.05, 0) is 51.5 Å². The zero-order chi connectivity index (χ0) is 21.4. The Morgan fingerprint density at radius 3 is 2.41 bits per heavy atom. The number of aryl methyl sites for hydroxylation is 2. The maximum absolute atomic E-state index is 12.7. The topological polar surface area (TPSA) is 75.7 Å². The van der Waals surface area contributed by atoms with E-state index in [0.717, 1.165) is 26.7 Å². The first-order valence-corrected chi connectivity index (χ1v) is 11.0. The predicted octanol–water partition coefficient (Wildman–Crippen LogP) is 3.34. The number of hydrogen-bond donors (Lipinski definition) is 1. The maximum atomic E-state index is 12.7. The van der Waals surface area contributed by atoms with Crippen molar-refractivity contribution in [3.63, 3.8) is 0 Å². The summed E-state index contributed by atoms with van der Waals surface area (Å²) in [6.07, 6.45) is 0.600. The van der Waals surface area contributed by atoms with E-state index in [-0.39, 0.29) is 23.4 Å². The molecule has 2 aromatic rings. The highest BCUT2D eigenvalue weighted by atomic mass is 32.2. The fourth-order valence-corrected chi connectivity index (χ4v) is 4.63. The van der Waals surface area contributed by atoms with E-state index < -0.39 is 15.6 Å². The number of hydrogen-bond acceptors (Lipinski definition) is 4. The number of carbonyl (C=O) groups excluding carboxylic acids is 1. The van der Waals surface area contributed by atoms with E-state index in [1.54, 1.807) is 24.3 Å². The lowest BCUT2D eigenvalue weighted by Gasteiger charge is -2.38. The largest absolute Gasteiger partial charge is 0.487 e. The number of rotatable bonds is 5. The lowest BCUT2D eigenvalue weighted by atomic mass is 9.89. The monoisotopic (exact) mass is 416 g/mol. The van der Waals surface area contributed by atoms with E-state index >= 15 is 0 Å². The van der Waals surface area contributed by atoms with Crippen LogP contribution < -0.4 is 10.1 Å². The van der Waals surface area contributed by atoms with Gasteiger partial charge in [0.1, 0.15) is 11.4 Å². The summed E-state index contributed by atoms with van der Waals surface area (Å²) in [6.45, 7) is 7.58. The van der Waals surface area contributed by atoms with Gasteiger partial charge in [0.2, 0.25) is 15.9 Å². The number of ether oxygens (including phenoxy) is 1. The minimum Gasteiger partial charge on any atom is -0.487 e. The van der Waals surface area contributed by atoms with Gasteiger partial charge in [0.05, 0.1) is 17.5 Å². The smallest absolute Gasteiger partial charge is 0.243 e. The molecule has 0 radical (unpaired) electrons. The van der Waals surface area contributed by atoms with Crippen LogP contribution in [0.4, 0.5) is 0 Å². The number of fused-ring (bicyclic) bond motifs is 1. The molecule has 1 atom stereocenters. The summed E-state index contributed by atoms with van der Waals surface area (Å²) in [7, 11) is -2.32. The third-order valence-corrected chi connectivity index (χ3v) is 6.87. The van der Waals surface area contributed by atoms with Crippen LogP contribution in [0, 0.1) is 13.8 Å². The molecule has 7 heteroatoms. The van der Waals surface area contributed by atoms with Gasteiger partial charge in [0.15, 0.2) is 0 Å². The number of carbonyl (C=O) groups is 1. The summed E-state index contributed by atoms with van der Waals surface area (Å²) in [5.41, 5.74) is 2.53. The summed E-state index contributed by atoms with van der Waals surface area (Å²) < 4.78 is 32.6. The Bertz CT molecular complexity index is 1010. The van der Waals surface area contributed by atoms with Crippen molar-refractivity contribution in [1.82, 2.24) is 9.62 Å². The van der Waals surface area contributed by atoms with Crippen LogP contribution in [0.15, 0.2) is 47.4 Å². The second-order valence-corrected chi connectivity index (χ2v) is 10.3. The van der Waals surface area contributed by atoms with Crippen molar-refractivity contribution in [3.05, 3.63) is 59.2 Å². The molecule has 0 spiro atoms. The first kappa shape index (κ1) is 21.3. The Morgan fingerprint density at radius 1 is 1.14 bits per heavy atom. The highest BCUT2D eigenvalue weighted by Gasteiger charge is 2.35. The van der Waals surface area contributed by atoms with E-state index in [9.17, 15) is 13.2 Å². The lowest BCUT2D eigenvalue weighted by molar-refractivity contribution is -0.122. The van der Waals surface area contributed by atoms with Crippen LogP contribution in [0.25, 0.3) is 0 Å². The Labute approximate surface area is 172 Å². The van der Waals surface area contributed by atoms with E-state index in [2.05, 4.69) is 5.32 Å². The van der Waals surface area contributed by atoms with Gasteiger partial charge < -0.3 is 10.1 Å². The van der Waals surface area contributed by atoms with Crippen molar-refractivity contribution in [2.24, 2.45) is 0 Å². The SMILES string of the molecule is Cc1ccc(S(=O)(=O)N(C)CC(=O)N[C@@H]2CC(C)(C)Oc3cc(C)ccc32)cc1. The van der Waals surface area contributed by atoms with Gasteiger partial charge in [0, 0.05) is 19.0 Å². The third kappa shape index (κ3) is 4.79. The van der Waals surface area contributed by atoms with Crippen LogP contribution in [0.2, 0.25) is 0 Å². The molecule has 2 aromatic carbocycles. The summed E-state index contributed by atoms with van der Waals surface area (Å²) in [4.78, 5) is 12.9. The fraction of sp³-hybridized carbons (Fsp3) is 0.409. The average molecular weight is 417 g/mol. The second-order valence-electron chi connectivity index (χ2n) is 8.30. The number of sulfonamides is 1. The molecule has 1 amide bonds. The van der Waals surface area contributed by atoms with Crippen LogP contribution in [0.3, 0.4) is 0 Å². The molecule has 3 rings (SSSR count). The third-order valence-electron chi connectivity index (χ3n) is 5.06. The van der Waals surface area contributed by atoms with Gasteiger partial charge in [-0.25, -0.2) is 8.42 Å². The standard InChI is InChI=1S/C22H28N2O4S/c1-15-6-9-17(10-7-15)29(26,27)24(5)14-21(25)23-19-13-22(3,4)28-20-12-16(2)8-11-18(19)20/h6-12,19H,13-14H2,1-5H3,(H,23,25)/t19-/m1/s1. The molecule has 1 heterocycles. The number of likely N-dealkylation sites (N-methyl/N-ethyl adjacent to an activating group) is 1. The van der Waals surface area contributed by atoms with Crippen LogP contribution >= 0.6 is 0 Å². The second kappa shape index (κ2) is 7.80. The Hall–Kier alpha value is -2.38. The van der Waals surface area contributed by atoms with Crippen LogP contribution in [0.1, 0.15) is 43.0 Å². The van der Waals surface area contributed by atoms with E-state index in [1.807, 2.05) is 45.9 Å². The van der Waals surface area contributed by atoms with Crippen molar-refractivity contribution in [2.75, 3.05) is 13.6 Å². The molecule has 6 nitrogen and oxygen atoms in total. The highest BCUT2D eigenvalue weighted by Crippen LogP contribution is 2.39. The number of benzene rings is 2. The molecule has 156 valence electrons. The van der Waals surface area contributed by atoms with Crippen molar-refractivity contribution in [1.29, 1.82) is 0 Å². The molecule has 0 unspecified atom stereocenters. The van der Waals surface area contributed by atoms with E-state index in [0.29, 0.717) is 6.42 Å². The minimum atomic E-state index is -3.73. The summed E-state index contributed by atoms with van der Waals surface area (Å²) in [5.74, 6) is 0.407. The molecular formula is C22H28N2O4S. The van der Waals surface area contributed by atoms with Gasteiger partial charge in [0.25, 0.3) is 0 Å². The highest BCUT2D eigenvalue weighted by molar-refractivity contribution is 7.89. The summed E-state index contributed by atoms with van der Waals surface area (Å²) in [5, 5.41) is 2.99. The molecule has 0 aromatic heterocycles. The van der Waals surface area contributed by atoms with Crippen molar-refractivity contribution in [3.8, 4) is 5.75 Å². The molecule has 29 heavy (non-hydrogen) atoms. The zero-order valence-corrected chi connectivity index (χ0v) is 18.3. The van der Waals surface area contributed by atoms with Gasteiger partial charge in [-0.1, -0.05) is 29.8 Å². The Morgan fingerprint density at radius 2 is 1.76 bits per heavy atom. The number of nitrogens with one attached hydrogen (secondary N) is 1. The maximum Gasteiger partial charge on any atom is 0.243 e. The number of nitrogens with zero attached hydrogens (tertiary/aromatic N) is 1. The Kier molecular flexibility index (Phi) is 5.74. The molecule has 1 aliphatic rings. The molecule has 0 saturated carbocycles. The quantitative estimate of drug-likeness (QED) is 0.811. The van der Waals surface area contributed by atoms with Crippen molar-refractivity contribution >= 4 is 15.9 Å². The zero-order valence-electron chi connectivity index (χ0n) is 17.5. The van der Waals surface area contributed by atoms with Crippen molar-refractivity contribution < 1.29 is 17.9 Å². The first-order valence-electron chi connectivity index (χ1n) is 9.60. The molecule has 0 fully saturated rings. The van der Waals surface area contributed by atoms with E-state index in [4.69, 9.17) is 4.74 Å². The minimum absolute atomic E-state index is 0.173. The van der Waals surface area contributed by atoms with Crippen LogP contribution in [-0.4, -0.2) is 37.8 Å². The molecule has 1 aliphatic heterocycles. The summed E-state index contributed by atoms with van der Waals surface area (Å²) >= 11 is 0.